The topological polar surface area (TPSA) is 57.2 Å². The van der Waals surface area contributed by atoms with Gasteiger partial charge in [-0.1, -0.05) is 24.3 Å². The van der Waals surface area contributed by atoms with E-state index in [4.69, 9.17) is 4.74 Å². The lowest BCUT2D eigenvalue weighted by atomic mass is 10.0. The maximum atomic E-state index is 13.3. The van der Waals surface area contributed by atoms with Crippen LogP contribution in [0.5, 0.6) is 5.75 Å². The highest BCUT2D eigenvalue weighted by molar-refractivity contribution is 6.04. The van der Waals surface area contributed by atoms with Crippen molar-refractivity contribution in [3.05, 3.63) is 58.7 Å². The van der Waals surface area contributed by atoms with Gasteiger partial charge in [-0.2, -0.15) is 13.2 Å². The van der Waals surface area contributed by atoms with Crippen molar-refractivity contribution in [2.45, 2.75) is 33.4 Å². The molecule has 1 saturated heterocycles. The first-order valence-electron chi connectivity index (χ1n) is 12.2. The highest BCUT2D eigenvalue weighted by Gasteiger charge is 2.34. The fourth-order valence-electron chi connectivity index (χ4n) is 4.39. The largest absolute Gasteiger partial charge is 0.426 e. The van der Waals surface area contributed by atoms with Gasteiger partial charge in [-0.3, -0.25) is 14.7 Å². The van der Waals surface area contributed by atoms with Crippen LogP contribution >= 0.6 is 0 Å². The molecule has 1 N–H and O–H groups in total. The van der Waals surface area contributed by atoms with Gasteiger partial charge in [-0.05, 0) is 43.5 Å². The van der Waals surface area contributed by atoms with Gasteiger partial charge in [0.25, 0.3) is 0 Å². The Morgan fingerprint density at radius 2 is 1.72 bits per heavy atom. The van der Waals surface area contributed by atoms with Gasteiger partial charge in [0.05, 0.1) is 17.8 Å². The second-order valence-corrected chi connectivity index (χ2v) is 9.07. The van der Waals surface area contributed by atoms with Gasteiger partial charge in [0, 0.05) is 64.5 Å². The first kappa shape index (κ1) is 27.7. The molecule has 2 aromatic rings. The Morgan fingerprint density at radius 1 is 1.06 bits per heavy atom. The summed E-state index contributed by atoms with van der Waals surface area (Å²) < 4.78 is 45.3. The predicted octanol–water partition coefficient (Wildman–Crippen LogP) is 4.65. The summed E-state index contributed by atoms with van der Waals surface area (Å²) in [5, 5.41) is 2.70. The van der Waals surface area contributed by atoms with Crippen LogP contribution in [0, 0.1) is 6.92 Å². The van der Waals surface area contributed by atoms with Crippen LogP contribution in [0.3, 0.4) is 0 Å². The molecule has 3 rings (SSSR count). The number of hydrogen-bond acceptors (Lipinski definition) is 6. The van der Waals surface area contributed by atoms with Gasteiger partial charge in [0.2, 0.25) is 0 Å². The van der Waals surface area contributed by atoms with E-state index in [9.17, 15) is 18.0 Å². The molecule has 36 heavy (non-hydrogen) atoms. The number of piperazine rings is 1. The van der Waals surface area contributed by atoms with Crippen LogP contribution < -0.4 is 10.1 Å². The Labute approximate surface area is 211 Å². The smallest absolute Gasteiger partial charge is 0.418 e. The summed E-state index contributed by atoms with van der Waals surface area (Å²) in [4.78, 5) is 20.6. The molecule has 0 amide bonds. The van der Waals surface area contributed by atoms with Crippen molar-refractivity contribution in [1.29, 1.82) is 0 Å². The summed E-state index contributed by atoms with van der Waals surface area (Å²) in [6.45, 7) is 11.1. The van der Waals surface area contributed by atoms with E-state index in [-0.39, 0.29) is 11.7 Å². The van der Waals surface area contributed by atoms with Crippen LogP contribution in [0.2, 0.25) is 0 Å². The molecule has 1 fully saturated rings. The maximum absolute atomic E-state index is 13.3. The molecule has 0 spiro atoms. The molecular formula is C27H35F3N4O2. The zero-order valence-corrected chi connectivity index (χ0v) is 21.4. The monoisotopic (exact) mass is 504 g/mol. The molecule has 0 radical (unpaired) electrons. The van der Waals surface area contributed by atoms with E-state index in [1.54, 1.807) is 13.0 Å². The second-order valence-electron chi connectivity index (χ2n) is 9.07. The number of carbonyl (C=O) groups excluding carboxylic acids is 1. The van der Waals surface area contributed by atoms with Crippen molar-refractivity contribution in [1.82, 2.24) is 9.80 Å². The number of ether oxygens (including phenoxy) is 1. The molecule has 0 atom stereocenters. The third kappa shape index (κ3) is 7.54. The minimum Gasteiger partial charge on any atom is -0.426 e. The average Bonchev–Trinajstić information content (AvgIpc) is 2.83. The molecule has 0 unspecified atom stereocenters. The summed E-state index contributed by atoms with van der Waals surface area (Å²) >= 11 is 0. The van der Waals surface area contributed by atoms with E-state index >= 15 is 0 Å². The quantitative estimate of drug-likeness (QED) is 0.306. The van der Waals surface area contributed by atoms with Gasteiger partial charge in [0.1, 0.15) is 5.75 Å². The minimum absolute atomic E-state index is 0.0633. The van der Waals surface area contributed by atoms with Crippen LogP contribution in [-0.2, 0) is 17.4 Å². The number of benzene rings is 2. The normalized spacial score (nSPS) is 15.7. The predicted molar refractivity (Wildman–Crippen MR) is 137 cm³/mol. The molecule has 196 valence electrons. The fraction of sp³-hybridized carbons (Fsp3) is 0.481. The van der Waals surface area contributed by atoms with Gasteiger partial charge < -0.3 is 15.0 Å². The third-order valence-corrected chi connectivity index (χ3v) is 6.46. The van der Waals surface area contributed by atoms with Crippen molar-refractivity contribution < 1.29 is 22.7 Å². The molecule has 0 bridgehead atoms. The first-order valence-corrected chi connectivity index (χ1v) is 12.2. The number of nitrogens with zero attached hydrogens (tertiary/aromatic N) is 3. The molecule has 0 saturated carbocycles. The van der Waals surface area contributed by atoms with Crippen LogP contribution in [0.4, 0.5) is 18.9 Å². The molecule has 9 heteroatoms. The van der Waals surface area contributed by atoms with E-state index in [2.05, 4.69) is 26.2 Å². The summed E-state index contributed by atoms with van der Waals surface area (Å²) in [7, 11) is 1.50. The Kier molecular flexibility index (Phi) is 9.50. The van der Waals surface area contributed by atoms with Crippen molar-refractivity contribution in [3.8, 4) is 5.75 Å². The summed E-state index contributed by atoms with van der Waals surface area (Å²) in [5.41, 5.74) is 2.53. The standard InChI is InChI=1S/C27H35F3N4O2/c1-19-8-9-22(18-25(19)36-21(3)35)10-12-33-14-16-34(17-15-33)13-11-32-20(2)23-6-5-7-24(26(23)31-4)27(28,29)30/h5-9,18,31H,10-17H2,1-4H3. The first-order chi connectivity index (χ1) is 17.1. The number of aryl methyl sites for hydroxylation is 1. The van der Waals surface area contributed by atoms with E-state index < -0.39 is 11.7 Å². The molecular weight excluding hydrogens is 469 g/mol. The number of rotatable bonds is 9. The highest BCUT2D eigenvalue weighted by atomic mass is 19.4. The van der Waals surface area contributed by atoms with Gasteiger partial charge in [0.15, 0.2) is 0 Å². The number of alkyl halides is 3. The lowest BCUT2D eigenvalue weighted by Gasteiger charge is -2.34. The molecule has 0 aromatic heterocycles. The third-order valence-electron chi connectivity index (χ3n) is 6.46. The van der Waals surface area contributed by atoms with Crippen LogP contribution in [0.15, 0.2) is 41.4 Å². The Hall–Kier alpha value is -2.91. The summed E-state index contributed by atoms with van der Waals surface area (Å²) in [5.74, 6) is 0.302. The number of carbonyl (C=O) groups is 1. The molecule has 6 nitrogen and oxygen atoms in total. The van der Waals surface area contributed by atoms with E-state index in [0.717, 1.165) is 62.9 Å². The fourth-order valence-corrected chi connectivity index (χ4v) is 4.39. The van der Waals surface area contributed by atoms with Crippen molar-refractivity contribution >= 4 is 17.4 Å². The average molecular weight is 505 g/mol. The SMILES string of the molecule is CNc1c(C(C)=NCCN2CCN(CCc3ccc(C)c(OC(C)=O)c3)CC2)cccc1C(F)(F)F. The zero-order chi connectivity index (χ0) is 26.3. The number of halogens is 3. The molecule has 1 aliphatic heterocycles. The van der Waals surface area contributed by atoms with Gasteiger partial charge >= 0.3 is 12.1 Å². The Morgan fingerprint density at radius 3 is 2.33 bits per heavy atom. The number of aliphatic imine (C=N–C) groups is 1. The Balaban J connectivity index is 1.47. The van der Waals surface area contributed by atoms with Gasteiger partial charge in [-0.25, -0.2) is 0 Å². The highest BCUT2D eigenvalue weighted by Crippen LogP contribution is 2.36. The van der Waals surface area contributed by atoms with Crippen LogP contribution in [0.1, 0.15) is 36.1 Å². The van der Waals surface area contributed by atoms with Gasteiger partial charge in [-0.15, -0.1) is 0 Å². The Bertz CT molecular complexity index is 1080. The number of hydrogen-bond donors (Lipinski definition) is 1. The lowest BCUT2D eigenvalue weighted by Crippen LogP contribution is -2.47. The lowest BCUT2D eigenvalue weighted by molar-refractivity contribution is -0.137. The van der Waals surface area contributed by atoms with E-state index in [0.29, 0.717) is 23.6 Å². The molecule has 0 aliphatic carbocycles. The van der Waals surface area contributed by atoms with Crippen molar-refractivity contribution in [3.63, 3.8) is 0 Å². The summed E-state index contributed by atoms with van der Waals surface area (Å²) in [6.07, 6.45) is -3.54. The molecule has 1 aliphatic rings. The number of para-hydroxylation sites is 1. The second kappa shape index (κ2) is 12.4. The zero-order valence-electron chi connectivity index (χ0n) is 21.4. The van der Waals surface area contributed by atoms with Crippen molar-refractivity contribution in [2.75, 3.05) is 58.2 Å². The summed E-state index contributed by atoms with van der Waals surface area (Å²) in [6, 6.07) is 10.2. The van der Waals surface area contributed by atoms with Crippen LogP contribution in [-0.4, -0.2) is 74.3 Å². The molecule has 2 aromatic carbocycles. The maximum Gasteiger partial charge on any atom is 0.418 e. The number of esters is 1. The minimum atomic E-state index is -4.42. The van der Waals surface area contributed by atoms with Crippen LogP contribution in [0.25, 0.3) is 0 Å². The number of anilines is 1. The molecule has 1 heterocycles. The van der Waals surface area contributed by atoms with E-state index in [1.165, 1.54) is 20.0 Å². The number of nitrogens with one attached hydrogen (secondary N) is 1. The van der Waals surface area contributed by atoms with E-state index in [1.807, 2.05) is 19.1 Å². The van der Waals surface area contributed by atoms with Crippen molar-refractivity contribution in [2.24, 2.45) is 4.99 Å².